The lowest BCUT2D eigenvalue weighted by molar-refractivity contribution is -0.384. The highest BCUT2D eigenvalue weighted by Gasteiger charge is 2.27. The number of anilines is 1. The van der Waals surface area contributed by atoms with Gasteiger partial charge in [-0.15, -0.1) is 0 Å². The van der Waals surface area contributed by atoms with Crippen LogP contribution < -0.4 is 10.2 Å². The van der Waals surface area contributed by atoms with Crippen LogP contribution in [-0.2, 0) is 0 Å². The number of rotatable bonds is 4. The second-order valence-corrected chi connectivity index (χ2v) is 5.65. The maximum atomic E-state index is 13.5. The molecule has 1 aromatic carbocycles. The van der Waals surface area contributed by atoms with Gasteiger partial charge >= 0.3 is 0 Å². The van der Waals surface area contributed by atoms with E-state index >= 15 is 0 Å². The maximum absolute atomic E-state index is 13.5. The van der Waals surface area contributed by atoms with Crippen molar-refractivity contribution in [3.05, 3.63) is 32.5 Å². The van der Waals surface area contributed by atoms with Gasteiger partial charge in [0.25, 0.3) is 5.69 Å². The number of nitro groups is 1. The van der Waals surface area contributed by atoms with Crippen molar-refractivity contribution in [3.8, 4) is 0 Å². The highest BCUT2D eigenvalue weighted by atomic mass is 79.9. The molecule has 7 heteroatoms. The van der Waals surface area contributed by atoms with Crippen molar-refractivity contribution in [2.24, 2.45) is 0 Å². The quantitative estimate of drug-likeness (QED) is 0.672. The van der Waals surface area contributed by atoms with Gasteiger partial charge in [0.2, 0.25) is 0 Å². The molecule has 1 aromatic rings. The van der Waals surface area contributed by atoms with E-state index in [1.807, 2.05) is 11.8 Å². The summed E-state index contributed by atoms with van der Waals surface area (Å²) in [4.78, 5) is 12.6. The Balaban J connectivity index is 2.41. The molecule has 1 fully saturated rings. The fourth-order valence-corrected chi connectivity index (χ4v) is 2.96. The summed E-state index contributed by atoms with van der Waals surface area (Å²) in [6, 6.07) is 2.69. The first-order valence-corrected chi connectivity index (χ1v) is 7.44. The van der Waals surface area contributed by atoms with Gasteiger partial charge in [-0.1, -0.05) is 0 Å². The Kier molecular flexibility index (Phi) is 4.93. The van der Waals surface area contributed by atoms with Crippen LogP contribution >= 0.6 is 15.9 Å². The lowest BCUT2D eigenvalue weighted by atomic mass is 10.0. The number of likely N-dealkylation sites (N-methyl/N-ethyl adjacent to an activating group) is 1. The predicted octanol–water partition coefficient (Wildman–Crippen LogP) is 3.07. The molecule has 1 aliphatic rings. The molecule has 0 bridgehead atoms. The second-order valence-electron chi connectivity index (χ2n) is 4.80. The monoisotopic (exact) mass is 345 g/mol. The zero-order valence-electron chi connectivity index (χ0n) is 11.2. The minimum atomic E-state index is -0.613. The van der Waals surface area contributed by atoms with Crippen molar-refractivity contribution in [1.29, 1.82) is 0 Å². The van der Waals surface area contributed by atoms with Gasteiger partial charge in [0.05, 0.1) is 15.5 Å². The smallest absolute Gasteiger partial charge is 0.295 e. The van der Waals surface area contributed by atoms with Gasteiger partial charge in [-0.3, -0.25) is 10.1 Å². The summed E-state index contributed by atoms with van der Waals surface area (Å²) in [5, 5.41) is 14.5. The molecule has 0 aliphatic carbocycles. The third-order valence-electron chi connectivity index (χ3n) is 3.58. The summed E-state index contributed by atoms with van der Waals surface area (Å²) in [5.74, 6) is -0.613. The molecule has 1 saturated heterocycles. The number of nitro benzene ring substituents is 1. The van der Waals surface area contributed by atoms with E-state index in [0.29, 0.717) is 12.2 Å². The minimum absolute atomic E-state index is 0.182. The third kappa shape index (κ3) is 3.09. The Morgan fingerprint density at radius 2 is 2.35 bits per heavy atom. The number of benzene rings is 1. The van der Waals surface area contributed by atoms with E-state index in [0.717, 1.165) is 32.0 Å². The molecular formula is C13H17BrFN3O2. The summed E-state index contributed by atoms with van der Waals surface area (Å²) in [5.41, 5.74) is 0.289. The van der Waals surface area contributed by atoms with Crippen LogP contribution in [0.25, 0.3) is 0 Å². The lowest BCUT2D eigenvalue weighted by Crippen LogP contribution is -2.46. The Morgan fingerprint density at radius 1 is 1.60 bits per heavy atom. The largest absolute Gasteiger partial charge is 0.362 e. The van der Waals surface area contributed by atoms with Crippen molar-refractivity contribution in [3.63, 3.8) is 0 Å². The normalized spacial score (nSPS) is 18.9. The summed E-state index contributed by atoms with van der Waals surface area (Å²) in [6.45, 7) is 4.37. The molecule has 110 valence electrons. The van der Waals surface area contributed by atoms with Crippen LogP contribution in [0.5, 0.6) is 0 Å². The predicted molar refractivity (Wildman–Crippen MR) is 79.7 cm³/mol. The molecule has 5 nitrogen and oxygen atoms in total. The minimum Gasteiger partial charge on any atom is -0.362 e. The van der Waals surface area contributed by atoms with Crippen molar-refractivity contribution < 1.29 is 9.31 Å². The van der Waals surface area contributed by atoms with Crippen molar-refractivity contribution >= 4 is 27.3 Å². The van der Waals surface area contributed by atoms with E-state index in [2.05, 4.69) is 21.2 Å². The third-order valence-corrected chi connectivity index (χ3v) is 4.18. The first kappa shape index (κ1) is 15.2. The zero-order chi connectivity index (χ0) is 14.7. The first-order valence-electron chi connectivity index (χ1n) is 6.65. The van der Waals surface area contributed by atoms with Gasteiger partial charge < -0.3 is 10.2 Å². The van der Waals surface area contributed by atoms with Crippen molar-refractivity contribution in [2.75, 3.05) is 24.5 Å². The topological polar surface area (TPSA) is 58.4 Å². The number of nitrogens with one attached hydrogen (secondary N) is 1. The Hall–Kier alpha value is -1.21. The van der Waals surface area contributed by atoms with Gasteiger partial charge in [0, 0.05) is 19.1 Å². The standard InChI is InChI=1S/C13H17BrFN3O2/c1-2-17(9-4-3-5-16-8-9)12-6-10(14)11(15)7-13(12)18(19)20/h6-7,9,16H,2-5,8H2,1H3. The van der Waals surface area contributed by atoms with Crippen LogP contribution in [0, 0.1) is 15.9 Å². The average Bonchev–Trinajstić information content (AvgIpc) is 2.44. The van der Waals surface area contributed by atoms with Gasteiger partial charge in [-0.2, -0.15) is 0 Å². The molecule has 1 atom stereocenters. The van der Waals surface area contributed by atoms with E-state index in [4.69, 9.17) is 0 Å². The van der Waals surface area contributed by atoms with Crippen molar-refractivity contribution in [2.45, 2.75) is 25.8 Å². The molecule has 1 unspecified atom stereocenters. The molecule has 0 spiro atoms. The van der Waals surface area contributed by atoms with Gasteiger partial charge in [0.15, 0.2) is 0 Å². The van der Waals surface area contributed by atoms with E-state index in [9.17, 15) is 14.5 Å². The number of piperidine rings is 1. The van der Waals surface area contributed by atoms with E-state index < -0.39 is 10.7 Å². The number of halogens is 2. The highest BCUT2D eigenvalue weighted by molar-refractivity contribution is 9.10. The first-order chi connectivity index (χ1) is 9.54. The van der Waals surface area contributed by atoms with Crippen molar-refractivity contribution in [1.82, 2.24) is 5.32 Å². The maximum Gasteiger partial charge on any atom is 0.295 e. The Bertz CT molecular complexity index is 507. The second kappa shape index (κ2) is 6.49. The Labute approximate surface area is 125 Å². The van der Waals surface area contributed by atoms with Gasteiger partial charge in [-0.05, 0) is 48.3 Å². The van der Waals surface area contributed by atoms with E-state index in [1.165, 1.54) is 6.07 Å². The summed E-state index contributed by atoms with van der Waals surface area (Å²) >= 11 is 3.11. The van der Waals surface area contributed by atoms with Crippen LogP contribution in [0.1, 0.15) is 19.8 Å². The molecule has 20 heavy (non-hydrogen) atoms. The number of nitrogens with zero attached hydrogens (tertiary/aromatic N) is 2. The molecule has 1 aliphatic heterocycles. The summed E-state index contributed by atoms with van der Waals surface area (Å²) in [6.07, 6.45) is 2.02. The fourth-order valence-electron chi connectivity index (χ4n) is 2.63. The molecule has 0 radical (unpaired) electrons. The molecule has 1 heterocycles. The van der Waals surface area contributed by atoms with Crippen LogP contribution in [0.2, 0.25) is 0 Å². The van der Waals surface area contributed by atoms with Crippen LogP contribution in [0.15, 0.2) is 16.6 Å². The average molecular weight is 346 g/mol. The molecule has 0 amide bonds. The van der Waals surface area contributed by atoms with Crippen LogP contribution in [-0.4, -0.2) is 30.6 Å². The molecule has 0 aromatic heterocycles. The SMILES string of the molecule is CCN(c1cc(Br)c(F)cc1[N+](=O)[O-])C1CCCNC1. The molecular weight excluding hydrogens is 329 g/mol. The highest BCUT2D eigenvalue weighted by Crippen LogP contribution is 2.35. The van der Waals surface area contributed by atoms with Crippen LogP contribution in [0.4, 0.5) is 15.8 Å². The van der Waals surface area contributed by atoms with Gasteiger partial charge in [-0.25, -0.2) is 4.39 Å². The molecule has 0 saturated carbocycles. The summed E-state index contributed by atoms with van der Waals surface area (Å²) in [7, 11) is 0. The Morgan fingerprint density at radius 3 is 2.90 bits per heavy atom. The number of hydrogen-bond donors (Lipinski definition) is 1. The van der Waals surface area contributed by atoms with E-state index in [-0.39, 0.29) is 16.2 Å². The lowest BCUT2D eigenvalue weighted by Gasteiger charge is -2.35. The van der Waals surface area contributed by atoms with E-state index in [1.54, 1.807) is 0 Å². The summed E-state index contributed by atoms with van der Waals surface area (Å²) < 4.78 is 13.8. The zero-order valence-corrected chi connectivity index (χ0v) is 12.8. The molecule has 2 rings (SSSR count). The van der Waals surface area contributed by atoms with Crippen LogP contribution in [0.3, 0.4) is 0 Å². The molecule has 1 N–H and O–H groups in total. The van der Waals surface area contributed by atoms with Gasteiger partial charge in [0.1, 0.15) is 11.5 Å². The fraction of sp³-hybridized carbons (Fsp3) is 0.538. The number of hydrogen-bond acceptors (Lipinski definition) is 4.